The molecule has 0 atom stereocenters. The summed E-state index contributed by atoms with van der Waals surface area (Å²) in [7, 11) is 0. The molecule has 1 saturated heterocycles. The van der Waals surface area contributed by atoms with Crippen LogP contribution in [-0.4, -0.2) is 50.1 Å². The van der Waals surface area contributed by atoms with E-state index in [0.29, 0.717) is 6.54 Å². The van der Waals surface area contributed by atoms with Crippen LogP contribution in [0.3, 0.4) is 0 Å². The van der Waals surface area contributed by atoms with E-state index in [-0.39, 0.29) is 18.3 Å². The highest BCUT2D eigenvalue weighted by atomic mass is 35.5. The van der Waals surface area contributed by atoms with Crippen LogP contribution >= 0.6 is 12.4 Å². The first-order valence-electron chi connectivity index (χ1n) is 10.6. The van der Waals surface area contributed by atoms with Gasteiger partial charge in [0, 0.05) is 37.6 Å². The molecule has 0 bridgehead atoms. The van der Waals surface area contributed by atoms with E-state index in [2.05, 4.69) is 54.1 Å². The number of aryl methyl sites for hydroxylation is 2. The van der Waals surface area contributed by atoms with Crippen molar-refractivity contribution in [3.05, 3.63) is 53.6 Å². The number of carbonyl (C=O) groups excluding carboxylic acids is 1. The zero-order valence-electron chi connectivity index (χ0n) is 18.3. The molecule has 0 aliphatic carbocycles. The third-order valence-corrected chi connectivity index (χ3v) is 5.35. The second-order valence-corrected chi connectivity index (χ2v) is 7.83. The van der Waals surface area contributed by atoms with Gasteiger partial charge in [-0.2, -0.15) is 0 Å². The first-order valence-corrected chi connectivity index (χ1v) is 10.6. The van der Waals surface area contributed by atoms with Crippen molar-refractivity contribution >= 4 is 29.7 Å². The van der Waals surface area contributed by atoms with Crippen molar-refractivity contribution in [1.82, 2.24) is 4.90 Å². The van der Waals surface area contributed by atoms with Crippen LogP contribution in [0.2, 0.25) is 0 Å². The third-order valence-electron chi connectivity index (χ3n) is 5.35. The minimum Gasteiger partial charge on any atom is -0.494 e. The van der Waals surface area contributed by atoms with Crippen molar-refractivity contribution in [2.45, 2.75) is 33.6 Å². The zero-order valence-corrected chi connectivity index (χ0v) is 19.1. The highest BCUT2D eigenvalue weighted by Gasteiger charge is 2.20. The van der Waals surface area contributed by atoms with Gasteiger partial charge in [-0.05, 0) is 61.7 Å². The van der Waals surface area contributed by atoms with Gasteiger partial charge in [0.15, 0.2) is 0 Å². The minimum atomic E-state index is 0. The number of piperazine rings is 1. The summed E-state index contributed by atoms with van der Waals surface area (Å²) in [6.45, 7) is 11.3. The van der Waals surface area contributed by atoms with E-state index in [4.69, 9.17) is 4.74 Å². The molecule has 0 saturated carbocycles. The average Bonchev–Trinajstić information content (AvgIpc) is 2.72. The summed E-state index contributed by atoms with van der Waals surface area (Å²) in [4.78, 5) is 17.1. The molecule has 6 heteroatoms. The van der Waals surface area contributed by atoms with Crippen LogP contribution in [0.5, 0.6) is 5.75 Å². The van der Waals surface area contributed by atoms with Crippen molar-refractivity contribution < 1.29 is 9.53 Å². The number of ether oxygens (including phenoxy) is 1. The molecule has 1 fully saturated rings. The summed E-state index contributed by atoms with van der Waals surface area (Å²) in [5.41, 5.74) is 4.72. The molecule has 0 spiro atoms. The predicted octanol–water partition coefficient (Wildman–Crippen LogP) is 4.66. The van der Waals surface area contributed by atoms with E-state index in [0.717, 1.165) is 57.1 Å². The second kappa shape index (κ2) is 11.8. The number of amides is 1. The molecule has 3 rings (SSSR count). The first kappa shape index (κ1) is 24.0. The summed E-state index contributed by atoms with van der Waals surface area (Å²) in [5.74, 6) is 0.879. The highest BCUT2D eigenvalue weighted by Crippen LogP contribution is 2.23. The molecule has 0 unspecified atom stereocenters. The Balaban J connectivity index is 0.00000320. The number of halogens is 1. The van der Waals surface area contributed by atoms with Gasteiger partial charge >= 0.3 is 0 Å². The zero-order chi connectivity index (χ0) is 20.6. The van der Waals surface area contributed by atoms with Crippen LogP contribution in [0.1, 0.15) is 30.9 Å². The largest absolute Gasteiger partial charge is 0.494 e. The van der Waals surface area contributed by atoms with Crippen molar-refractivity contribution in [1.29, 1.82) is 0 Å². The van der Waals surface area contributed by atoms with Gasteiger partial charge < -0.3 is 15.0 Å². The van der Waals surface area contributed by atoms with Crippen LogP contribution in [-0.2, 0) is 4.79 Å². The number of hydrogen-bond donors (Lipinski definition) is 1. The van der Waals surface area contributed by atoms with Gasteiger partial charge in [-0.25, -0.2) is 0 Å². The molecule has 2 aromatic rings. The van der Waals surface area contributed by atoms with Crippen LogP contribution < -0.4 is 15.0 Å². The Kier molecular flexibility index (Phi) is 9.47. The third kappa shape index (κ3) is 6.92. The van der Waals surface area contributed by atoms with Gasteiger partial charge in [0.05, 0.1) is 13.2 Å². The summed E-state index contributed by atoms with van der Waals surface area (Å²) in [5, 5.41) is 2.99. The van der Waals surface area contributed by atoms with E-state index in [1.807, 2.05) is 24.3 Å². The lowest BCUT2D eigenvalue weighted by Gasteiger charge is -2.36. The quantitative estimate of drug-likeness (QED) is 0.617. The van der Waals surface area contributed by atoms with E-state index < -0.39 is 0 Å². The van der Waals surface area contributed by atoms with E-state index in [1.165, 1.54) is 16.8 Å². The Hall–Kier alpha value is -2.24. The fraction of sp³-hybridized carbons (Fsp3) is 0.458. The van der Waals surface area contributed by atoms with Crippen LogP contribution in [0.15, 0.2) is 42.5 Å². The van der Waals surface area contributed by atoms with Gasteiger partial charge in [-0.15, -0.1) is 12.4 Å². The van der Waals surface area contributed by atoms with Gasteiger partial charge in [0.25, 0.3) is 0 Å². The molecule has 1 aliphatic rings. The van der Waals surface area contributed by atoms with Gasteiger partial charge in [0.2, 0.25) is 5.91 Å². The van der Waals surface area contributed by atoms with E-state index in [9.17, 15) is 4.79 Å². The molecule has 1 heterocycles. The molecular weight excluding hydrogens is 398 g/mol. The van der Waals surface area contributed by atoms with E-state index in [1.54, 1.807) is 0 Å². The monoisotopic (exact) mass is 431 g/mol. The Labute approximate surface area is 186 Å². The molecule has 5 nitrogen and oxygen atoms in total. The molecule has 164 valence electrons. The lowest BCUT2D eigenvalue weighted by molar-refractivity contribution is -0.117. The molecule has 0 radical (unpaired) electrons. The topological polar surface area (TPSA) is 44.8 Å². The van der Waals surface area contributed by atoms with Crippen LogP contribution in [0.4, 0.5) is 11.4 Å². The molecule has 0 aromatic heterocycles. The SMILES string of the molecule is CCCCOc1ccc(NC(=O)CN2CCN(c3cc(C)ccc3C)CC2)cc1.Cl. The number of rotatable bonds is 8. The second-order valence-electron chi connectivity index (χ2n) is 7.83. The van der Waals surface area contributed by atoms with Crippen molar-refractivity contribution in [2.24, 2.45) is 0 Å². The molecule has 30 heavy (non-hydrogen) atoms. The molecule has 1 aliphatic heterocycles. The normalized spacial score (nSPS) is 14.2. The number of unbranched alkanes of at least 4 members (excludes halogenated alkanes) is 1. The Morgan fingerprint density at radius 2 is 1.73 bits per heavy atom. The van der Waals surface area contributed by atoms with Crippen LogP contribution in [0, 0.1) is 13.8 Å². The van der Waals surface area contributed by atoms with Crippen molar-refractivity contribution in [3.8, 4) is 5.75 Å². The minimum absolute atomic E-state index is 0. The predicted molar refractivity (Wildman–Crippen MR) is 127 cm³/mol. The maximum Gasteiger partial charge on any atom is 0.238 e. The Morgan fingerprint density at radius 1 is 1.03 bits per heavy atom. The Bertz CT molecular complexity index is 803. The average molecular weight is 432 g/mol. The molecular formula is C24H34ClN3O2. The fourth-order valence-corrected chi connectivity index (χ4v) is 3.58. The van der Waals surface area contributed by atoms with Crippen molar-refractivity contribution in [3.63, 3.8) is 0 Å². The summed E-state index contributed by atoms with van der Waals surface area (Å²) >= 11 is 0. The lowest BCUT2D eigenvalue weighted by Crippen LogP contribution is -2.48. The van der Waals surface area contributed by atoms with E-state index >= 15 is 0 Å². The van der Waals surface area contributed by atoms with Gasteiger partial charge in [0.1, 0.15) is 5.75 Å². The summed E-state index contributed by atoms with van der Waals surface area (Å²) in [6.07, 6.45) is 2.17. The summed E-state index contributed by atoms with van der Waals surface area (Å²) < 4.78 is 5.66. The maximum absolute atomic E-state index is 12.4. The number of hydrogen-bond acceptors (Lipinski definition) is 4. The van der Waals surface area contributed by atoms with Gasteiger partial charge in [-0.1, -0.05) is 25.5 Å². The molecule has 1 amide bonds. The van der Waals surface area contributed by atoms with Crippen molar-refractivity contribution in [2.75, 3.05) is 49.5 Å². The number of benzene rings is 2. The van der Waals surface area contributed by atoms with Crippen LogP contribution in [0.25, 0.3) is 0 Å². The number of nitrogens with zero attached hydrogens (tertiary/aromatic N) is 2. The highest BCUT2D eigenvalue weighted by molar-refractivity contribution is 5.92. The number of anilines is 2. The number of nitrogens with one attached hydrogen (secondary N) is 1. The molecule has 2 aromatic carbocycles. The molecule has 1 N–H and O–H groups in total. The maximum atomic E-state index is 12.4. The standard InChI is InChI=1S/C24H33N3O2.ClH/c1-4-5-16-29-22-10-8-21(9-11-22)25-24(28)18-26-12-14-27(15-13-26)23-17-19(2)6-7-20(23)3;/h6-11,17H,4-5,12-16,18H2,1-3H3,(H,25,28);1H. The number of carbonyl (C=O) groups is 1. The first-order chi connectivity index (χ1) is 14.0. The smallest absolute Gasteiger partial charge is 0.238 e. The fourth-order valence-electron chi connectivity index (χ4n) is 3.58. The van der Waals surface area contributed by atoms with Gasteiger partial charge in [-0.3, -0.25) is 9.69 Å². The Morgan fingerprint density at radius 3 is 2.40 bits per heavy atom. The summed E-state index contributed by atoms with van der Waals surface area (Å²) in [6, 6.07) is 14.2. The lowest BCUT2D eigenvalue weighted by atomic mass is 10.1.